The molecule has 0 saturated heterocycles. The predicted molar refractivity (Wildman–Crippen MR) is 47.2 cm³/mol. The number of hydrogen-bond acceptors (Lipinski definition) is 1. The van der Waals surface area contributed by atoms with Crippen molar-refractivity contribution in [3.63, 3.8) is 0 Å². The van der Waals surface area contributed by atoms with Crippen molar-refractivity contribution in [1.82, 2.24) is 0 Å². The van der Waals surface area contributed by atoms with Crippen molar-refractivity contribution in [3.8, 4) is 0 Å². The summed E-state index contributed by atoms with van der Waals surface area (Å²) in [6.07, 6.45) is 3.91. The molecule has 1 nitrogen and oxygen atoms in total. The highest BCUT2D eigenvalue weighted by atomic mass is 14.9. The quantitative estimate of drug-likeness (QED) is 0.567. The van der Waals surface area contributed by atoms with E-state index in [0.717, 1.165) is 11.8 Å². The second kappa shape index (κ2) is 1.82. The molecule has 2 fully saturated rings. The third kappa shape index (κ3) is 0.703. The van der Waals surface area contributed by atoms with Crippen LogP contribution < -0.4 is 5.73 Å². The molecule has 0 amide bonds. The summed E-state index contributed by atoms with van der Waals surface area (Å²) in [6, 6.07) is 0. The zero-order valence-electron chi connectivity index (χ0n) is 7.85. The zero-order chi connectivity index (χ0) is 8.28. The highest BCUT2D eigenvalue weighted by Gasteiger charge is 2.58. The maximum atomic E-state index is 6.37. The van der Waals surface area contributed by atoms with E-state index < -0.39 is 0 Å². The summed E-state index contributed by atoms with van der Waals surface area (Å²) in [5.41, 5.74) is 6.93. The van der Waals surface area contributed by atoms with Gasteiger partial charge in [0.1, 0.15) is 0 Å². The molecule has 0 aromatic heterocycles. The van der Waals surface area contributed by atoms with Gasteiger partial charge < -0.3 is 5.73 Å². The van der Waals surface area contributed by atoms with Gasteiger partial charge in [-0.3, -0.25) is 0 Å². The molecule has 0 aromatic rings. The van der Waals surface area contributed by atoms with Crippen LogP contribution in [0.2, 0.25) is 0 Å². The van der Waals surface area contributed by atoms with Crippen LogP contribution in [0.1, 0.15) is 40.0 Å². The van der Waals surface area contributed by atoms with Crippen LogP contribution in [0.3, 0.4) is 0 Å². The van der Waals surface area contributed by atoms with Crippen LogP contribution >= 0.6 is 0 Å². The summed E-state index contributed by atoms with van der Waals surface area (Å²) in [5.74, 6) is 1.76. The van der Waals surface area contributed by atoms with Gasteiger partial charge in [0.05, 0.1) is 0 Å². The largest absolute Gasteiger partial charge is 0.325 e. The van der Waals surface area contributed by atoms with E-state index >= 15 is 0 Å². The molecule has 2 bridgehead atoms. The summed E-state index contributed by atoms with van der Waals surface area (Å²) in [5, 5.41) is 0. The third-order valence-corrected chi connectivity index (χ3v) is 4.72. The predicted octanol–water partition coefficient (Wildman–Crippen LogP) is 2.16. The second-order valence-electron chi connectivity index (χ2n) is 5.17. The van der Waals surface area contributed by atoms with Gasteiger partial charge >= 0.3 is 0 Å². The summed E-state index contributed by atoms with van der Waals surface area (Å²) in [6.45, 7) is 7.06. The van der Waals surface area contributed by atoms with E-state index in [-0.39, 0.29) is 5.54 Å². The average molecular weight is 153 g/mol. The molecule has 1 heteroatoms. The molecule has 2 rings (SSSR count). The van der Waals surface area contributed by atoms with Crippen LogP contribution in [0.25, 0.3) is 0 Å². The highest BCUT2D eigenvalue weighted by Crippen LogP contribution is 2.60. The van der Waals surface area contributed by atoms with Gasteiger partial charge in [0, 0.05) is 5.54 Å². The first-order valence-electron chi connectivity index (χ1n) is 4.76. The molecule has 0 heterocycles. The molecule has 0 radical (unpaired) electrons. The van der Waals surface area contributed by atoms with Crippen LogP contribution in [-0.2, 0) is 0 Å². The Hall–Kier alpha value is -0.0400. The van der Waals surface area contributed by atoms with Crippen molar-refractivity contribution in [2.75, 3.05) is 0 Å². The van der Waals surface area contributed by atoms with E-state index in [9.17, 15) is 0 Å². The first kappa shape index (κ1) is 7.60. The molecule has 2 N–H and O–H groups in total. The number of hydrogen-bond donors (Lipinski definition) is 1. The molecule has 2 aliphatic carbocycles. The average Bonchev–Trinajstić information content (AvgIpc) is 2.36. The number of rotatable bonds is 0. The van der Waals surface area contributed by atoms with Gasteiger partial charge in [-0.25, -0.2) is 0 Å². The van der Waals surface area contributed by atoms with Crippen molar-refractivity contribution in [2.45, 2.75) is 45.6 Å². The lowest BCUT2D eigenvalue weighted by atomic mass is 9.66. The Morgan fingerprint density at radius 2 is 2.00 bits per heavy atom. The van der Waals surface area contributed by atoms with Crippen molar-refractivity contribution >= 4 is 0 Å². The lowest BCUT2D eigenvalue weighted by molar-refractivity contribution is 0.111. The Morgan fingerprint density at radius 3 is 2.27 bits per heavy atom. The smallest absolute Gasteiger partial charge is 0.0211 e. The molecule has 64 valence electrons. The molecular weight excluding hydrogens is 134 g/mol. The molecule has 2 aliphatic rings. The summed E-state index contributed by atoms with van der Waals surface area (Å²) in [7, 11) is 0. The van der Waals surface area contributed by atoms with Crippen LogP contribution in [0.5, 0.6) is 0 Å². The van der Waals surface area contributed by atoms with Gasteiger partial charge in [-0.05, 0) is 36.5 Å². The van der Waals surface area contributed by atoms with Gasteiger partial charge in [-0.15, -0.1) is 0 Å². The van der Waals surface area contributed by atoms with Gasteiger partial charge in [0.25, 0.3) is 0 Å². The van der Waals surface area contributed by atoms with E-state index in [1.165, 1.54) is 19.3 Å². The molecule has 3 atom stereocenters. The molecule has 11 heavy (non-hydrogen) atoms. The fourth-order valence-electron chi connectivity index (χ4n) is 3.17. The maximum Gasteiger partial charge on any atom is 0.0211 e. The van der Waals surface area contributed by atoms with Crippen molar-refractivity contribution < 1.29 is 0 Å². The minimum absolute atomic E-state index is 0.178. The van der Waals surface area contributed by atoms with Crippen LogP contribution in [0, 0.1) is 17.3 Å². The SMILES string of the molecule is C[C@@H]1[C@@H]2CC[C@@](N)(C2)C1(C)C. The Bertz CT molecular complexity index is 183. The lowest BCUT2D eigenvalue weighted by Gasteiger charge is -2.43. The first-order valence-corrected chi connectivity index (χ1v) is 4.76. The van der Waals surface area contributed by atoms with Gasteiger partial charge in [-0.2, -0.15) is 0 Å². The van der Waals surface area contributed by atoms with E-state index in [0.29, 0.717) is 5.41 Å². The standard InChI is InChI=1S/C10H19N/c1-7-8-4-5-10(11,6-8)9(7,2)3/h7-8H,4-6,11H2,1-3H3/t7-,8-,10-/m1/s1. The minimum atomic E-state index is 0.178. The van der Waals surface area contributed by atoms with Crippen molar-refractivity contribution in [3.05, 3.63) is 0 Å². The number of nitrogens with two attached hydrogens (primary N) is 1. The minimum Gasteiger partial charge on any atom is -0.325 e. The van der Waals surface area contributed by atoms with Gasteiger partial charge in [0.15, 0.2) is 0 Å². The molecule has 0 aliphatic heterocycles. The van der Waals surface area contributed by atoms with E-state index in [1.54, 1.807) is 0 Å². The number of fused-ring (bicyclic) bond motifs is 2. The molecular formula is C10H19N. The molecule has 0 aromatic carbocycles. The highest BCUT2D eigenvalue weighted by molar-refractivity contribution is 5.13. The van der Waals surface area contributed by atoms with Crippen LogP contribution in [-0.4, -0.2) is 5.54 Å². The lowest BCUT2D eigenvalue weighted by Crippen LogP contribution is -2.50. The third-order valence-electron chi connectivity index (χ3n) is 4.72. The molecule has 0 spiro atoms. The van der Waals surface area contributed by atoms with Gasteiger partial charge in [0.2, 0.25) is 0 Å². The Kier molecular flexibility index (Phi) is 1.26. The Balaban J connectivity index is 2.36. The Labute approximate surface area is 69.4 Å². The van der Waals surface area contributed by atoms with Gasteiger partial charge in [-0.1, -0.05) is 20.8 Å². The van der Waals surface area contributed by atoms with Crippen LogP contribution in [0.4, 0.5) is 0 Å². The fourth-order valence-corrected chi connectivity index (χ4v) is 3.17. The zero-order valence-corrected chi connectivity index (χ0v) is 7.85. The van der Waals surface area contributed by atoms with Crippen molar-refractivity contribution in [1.29, 1.82) is 0 Å². The normalized spacial score (nSPS) is 53.5. The van der Waals surface area contributed by atoms with Crippen molar-refractivity contribution in [2.24, 2.45) is 23.0 Å². The summed E-state index contributed by atoms with van der Waals surface area (Å²) >= 11 is 0. The second-order valence-corrected chi connectivity index (χ2v) is 5.17. The Morgan fingerprint density at radius 1 is 1.36 bits per heavy atom. The fraction of sp³-hybridized carbons (Fsp3) is 1.00. The summed E-state index contributed by atoms with van der Waals surface area (Å²) in [4.78, 5) is 0. The van der Waals surface area contributed by atoms with E-state index in [1.807, 2.05) is 0 Å². The molecule has 0 unspecified atom stereocenters. The van der Waals surface area contributed by atoms with E-state index in [2.05, 4.69) is 20.8 Å². The van der Waals surface area contributed by atoms with Crippen LogP contribution in [0.15, 0.2) is 0 Å². The van der Waals surface area contributed by atoms with E-state index in [4.69, 9.17) is 5.73 Å². The topological polar surface area (TPSA) is 26.0 Å². The maximum absolute atomic E-state index is 6.37. The first-order chi connectivity index (χ1) is 4.97. The molecule has 2 saturated carbocycles. The monoisotopic (exact) mass is 153 g/mol. The summed E-state index contributed by atoms with van der Waals surface area (Å²) < 4.78 is 0.